The van der Waals surface area contributed by atoms with Crippen molar-refractivity contribution in [2.75, 3.05) is 23.1 Å². The molecule has 38 heavy (non-hydrogen) atoms. The molecule has 1 unspecified atom stereocenters. The summed E-state index contributed by atoms with van der Waals surface area (Å²) in [5, 5.41) is 13.9. The fourth-order valence-corrected chi connectivity index (χ4v) is 4.88. The van der Waals surface area contributed by atoms with Gasteiger partial charge in [0.1, 0.15) is 18.1 Å². The summed E-state index contributed by atoms with van der Waals surface area (Å²) in [6.45, 7) is 4.11. The van der Waals surface area contributed by atoms with Crippen LogP contribution in [0.1, 0.15) is 57.9 Å². The number of urea groups is 1. The maximum absolute atomic E-state index is 13.7. The summed E-state index contributed by atoms with van der Waals surface area (Å²) in [4.78, 5) is 39.7. The molecule has 1 saturated heterocycles. The van der Waals surface area contributed by atoms with Gasteiger partial charge in [-0.1, -0.05) is 24.6 Å². The van der Waals surface area contributed by atoms with Crippen molar-refractivity contribution in [1.29, 1.82) is 5.41 Å². The molecule has 0 bridgehead atoms. The van der Waals surface area contributed by atoms with Gasteiger partial charge in [-0.05, 0) is 75.9 Å². The smallest absolute Gasteiger partial charge is 0.412 e. The lowest BCUT2D eigenvalue weighted by molar-refractivity contribution is -0.150. The van der Waals surface area contributed by atoms with Gasteiger partial charge in [-0.2, -0.15) is 5.01 Å². The molecule has 3 amide bonds. The first-order chi connectivity index (χ1) is 18.4. The zero-order valence-electron chi connectivity index (χ0n) is 21.9. The Morgan fingerprint density at radius 3 is 2.34 bits per heavy atom. The van der Waals surface area contributed by atoms with E-state index in [9.17, 15) is 14.4 Å². The molecule has 1 aliphatic heterocycles. The predicted octanol–water partition coefficient (Wildman–Crippen LogP) is 5.03. The molecule has 2 aromatic rings. The molecule has 10 heteroatoms. The van der Waals surface area contributed by atoms with Crippen molar-refractivity contribution in [2.24, 2.45) is 0 Å². The number of alkyl carbamates (subject to hydrolysis) is 1. The minimum atomic E-state index is -0.699. The number of hydrogen-bond donors (Lipinski definition) is 2. The van der Waals surface area contributed by atoms with Crippen molar-refractivity contribution in [1.82, 2.24) is 10.3 Å². The number of nitrogens with one attached hydrogen (secondary N) is 2. The molecule has 10 nitrogen and oxygen atoms in total. The molecule has 2 N–H and O–H groups in total. The van der Waals surface area contributed by atoms with Gasteiger partial charge in [0.15, 0.2) is 0 Å². The fourth-order valence-electron chi connectivity index (χ4n) is 4.88. The summed E-state index contributed by atoms with van der Waals surface area (Å²) in [6.07, 6.45) is 4.25. The molecule has 2 fully saturated rings. The zero-order chi connectivity index (χ0) is 27.1. The average molecular weight is 522 g/mol. The minimum Gasteiger partial charge on any atom is -0.462 e. The van der Waals surface area contributed by atoms with Crippen LogP contribution in [-0.4, -0.2) is 54.4 Å². The molecule has 2 aliphatic rings. The maximum atomic E-state index is 13.7. The molecular formula is C28H35N5O5. The molecule has 1 atom stereocenters. The van der Waals surface area contributed by atoms with Gasteiger partial charge < -0.3 is 9.47 Å². The Kier molecular flexibility index (Phi) is 8.96. The summed E-state index contributed by atoms with van der Waals surface area (Å²) in [6, 6.07) is 15.9. The first-order valence-electron chi connectivity index (χ1n) is 13.2. The van der Waals surface area contributed by atoms with Crippen LogP contribution in [0.4, 0.5) is 21.0 Å². The topological polar surface area (TPSA) is 115 Å². The molecule has 0 radical (unpaired) electrons. The highest BCUT2D eigenvalue weighted by molar-refractivity contribution is 6.07. The standard InChI is InChI=1S/C28H35N5O5/c1-3-37-27(35)30-26(29)21-14-16-23(17-15-21)33-28(36)32(22-10-6-4-7-11-22)20(2)31(33)19-18-25(34)38-24-12-8-5-9-13-24/h4,6-7,10-11,14-17,20,24H,3,5,8-9,12-13,18-19H2,1-2H3,(H2,29,30,35). The van der Waals surface area contributed by atoms with Crippen LogP contribution in [0.25, 0.3) is 0 Å². The van der Waals surface area contributed by atoms with Crippen LogP contribution in [0.5, 0.6) is 0 Å². The number of carbonyl (C=O) groups excluding carboxylic acids is 3. The Bertz CT molecular complexity index is 1130. The van der Waals surface area contributed by atoms with Crippen LogP contribution in [0.15, 0.2) is 54.6 Å². The van der Waals surface area contributed by atoms with Gasteiger partial charge in [0, 0.05) is 17.8 Å². The van der Waals surface area contributed by atoms with E-state index < -0.39 is 6.09 Å². The molecule has 202 valence electrons. The van der Waals surface area contributed by atoms with Crippen LogP contribution in [-0.2, 0) is 14.3 Å². The van der Waals surface area contributed by atoms with E-state index in [4.69, 9.17) is 14.9 Å². The SMILES string of the molecule is CCOC(=O)NC(=N)c1ccc(N2C(=O)N(c3ccccc3)C(C)N2CCC(=O)OC2CCCCC2)cc1. The monoisotopic (exact) mass is 521 g/mol. The number of amides is 3. The number of nitrogens with zero attached hydrogens (tertiary/aromatic N) is 3. The predicted molar refractivity (Wildman–Crippen MR) is 144 cm³/mol. The molecule has 1 saturated carbocycles. The van der Waals surface area contributed by atoms with Gasteiger partial charge >= 0.3 is 18.1 Å². The lowest BCUT2D eigenvalue weighted by Crippen LogP contribution is -2.43. The summed E-state index contributed by atoms with van der Waals surface area (Å²) < 4.78 is 10.5. The molecule has 2 aromatic carbocycles. The highest BCUT2D eigenvalue weighted by atomic mass is 16.5. The lowest BCUT2D eigenvalue weighted by atomic mass is 9.98. The third-order valence-electron chi connectivity index (χ3n) is 6.78. The first kappa shape index (κ1) is 27.1. The van der Waals surface area contributed by atoms with Gasteiger partial charge in [0.2, 0.25) is 0 Å². The van der Waals surface area contributed by atoms with E-state index in [-0.39, 0.29) is 43.1 Å². The second kappa shape index (κ2) is 12.6. The molecule has 1 heterocycles. The van der Waals surface area contributed by atoms with E-state index in [2.05, 4.69) is 5.32 Å². The number of rotatable bonds is 8. The van der Waals surface area contributed by atoms with E-state index in [1.54, 1.807) is 41.1 Å². The number of carbonyl (C=O) groups is 3. The largest absolute Gasteiger partial charge is 0.462 e. The van der Waals surface area contributed by atoms with E-state index in [1.165, 1.54) is 6.42 Å². The maximum Gasteiger partial charge on any atom is 0.412 e. The highest BCUT2D eigenvalue weighted by Crippen LogP contribution is 2.32. The second-order valence-corrected chi connectivity index (χ2v) is 9.36. The number of hydrogen-bond acceptors (Lipinski definition) is 7. The number of amidine groups is 1. The average Bonchev–Trinajstić information content (AvgIpc) is 3.17. The van der Waals surface area contributed by atoms with Crippen LogP contribution in [0.3, 0.4) is 0 Å². The molecule has 1 aliphatic carbocycles. The summed E-state index contributed by atoms with van der Waals surface area (Å²) >= 11 is 0. The van der Waals surface area contributed by atoms with Crippen molar-refractivity contribution in [3.05, 3.63) is 60.2 Å². The Morgan fingerprint density at radius 1 is 1.00 bits per heavy atom. The quantitative estimate of drug-likeness (QED) is 0.286. The van der Waals surface area contributed by atoms with E-state index in [0.29, 0.717) is 17.8 Å². The van der Waals surface area contributed by atoms with Crippen LogP contribution < -0.4 is 15.2 Å². The van der Waals surface area contributed by atoms with Gasteiger partial charge in [0.05, 0.1) is 18.7 Å². The van der Waals surface area contributed by atoms with Crippen molar-refractivity contribution >= 4 is 35.3 Å². The van der Waals surface area contributed by atoms with Crippen LogP contribution in [0.2, 0.25) is 0 Å². The van der Waals surface area contributed by atoms with Crippen LogP contribution in [0, 0.1) is 5.41 Å². The number of hydrazine groups is 1. The number of para-hydroxylation sites is 1. The Labute approximate surface area is 223 Å². The number of benzene rings is 2. The van der Waals surface area contributed by atoms with Crippen molar-refractivity contribution in [2.45, 2.75) is 64.6 Å². The van der Waals surface area contributed by atoms with E-state index >= 15 is 0 Å². The number of ether oxygens (including phenoxy) is 2. The molecule has 0 aromatic heterocycles. The molecule has 4 rings (SSSR count). The van der Waals surface area contributed by atoms with E-state index in [0.717, 1.165) is 31.4 Å². The van der Waals surface area contributed by atoms with Crippen molar-refractivity contribution < 1.29 is 23.9 Å². The summed E-state index contributed by atoms with van der Waals surface area (Å²) in [5.74, 6) is -0.368. The van der Waals surface area contributed by atoms with Crippen molar-refractivity contribution in [3.8, 4) is 0 Å². The third kappa shape index (κ3) is 6.31. The zero-order valence-corrected chi connectivity index (χ0v) is 21.9. The first-order valence-corrected chi connectivity index (χ1v) is 13.2. The van der Waals surface area contributed by atoms with Crippen LogP contribution >= 0.6 is 0 Å². The fraction of sp³-hybridized carbons (Fsp3) is 0.429. The lowest BCUT2D eigenvalue weighted by Gasteiger charge is -2.29. The normalized spacial score (nSPS) is 18.4. The Hall–Kier alpha value is -3.92. The minimum absolute atomic E-state index is 0.0168. The molecular weight excluding hydrogens is 486 g/mol. The molecule has 0 spiro atoms. The summed E-state index contributed by atoms with van der Waals surface area (Å²) in [5.41, 5.74) is 1.79. The van der Waals surface area contributed by atoms with Gasteiger partial charge in [-0.3, -0.25) is 20.4 Å². The summed E-state index contributed by atoms with van der Waals surface area (Å²) in [7, 11) is 0. The third-order valence-corrected chi connectivity index (χ3v) is 6.78. The van der Waals surface area contributed by atoms with Gasteiger partial charge in [-0.25, -0.2) is 14.6 Å². The Morgan fingerprint density at radius 2 is 1.68 bits per heavy atom. The second-order valence-electron chi connectivity index (χ2n) is 9.36. The highest BCUT2D eigenvalue weighted by Gasteiger charge is 2.43. The number of anilines is 2. The van der Waals surface area contributed by atoms with Gasteiger partial charge in [0.25, 0.3) is 0 Å². The van der Waals surface area contributed by atoms with Crippen molar-refractivity contribution in [3.63, 3.8) is 0 Å². The number of esters is 1. The van der Waals surface area contributed by atoms with Gasteiger partial charge in [-0.15, -0.1) is 0 Å². The van der Waals surface area contributed by atoms with E-state index in [1.807, 2.05) is 42.3 Å². The Balaban J connectivity index is 1.52.